The molecular weight excluding hydrogens is 452 g/mol. The lowest BCUT2D eigenvalue weighted by molar-refractivity contribution is 0.669. The monoisotopic (exact) mass is 474 g/mol. The third kappa shape index (κ3) is 3.87. The molecule has 37 heavy (non-hydrogen) atoms. The molecule has 0 aliphatic rings. The fourth-order valence-electron chi connectivity index (χ4n) is 4.88. The highest BCUT2D eigenvalue weighted by molar-refractivity contribution is 6.06. The van der Waals surface area contributed by atoms with E-state index < -0.39 is 0 Å². The summed E-state index contributed by atoms with van der Waals surface area (Å²) in [7, 11) is 0. The number of benzene rings is 5. The Kier molecular flexibility index (Phi) is 5.11. The Labute approximate surface area is 214 Å². The van der Waals surface area contributed by atoms with Gasteiger partial charge < -0.3 is 4.42 Å². The predicted octanol–water partition coefficient (Wildman–Crippen LogP) is 9.04. The quantitative estimate of drug-likeness (QED) is 0.255. The van der Waals surface area contributed by atoms with Crippen molar-refractivity contribution in [1.29, 1.82) is 0 Å². The Balaban J connectivity index is 1.30. The van der Waals surface area contributed by atoms with Crippen LogP contribution in [0.2, 0.25) is 0 Å². The van der Waals surface area contributed by atoms with Gasteiger partial charge in [-0.15, -0.1) is 0 Å². The lowest BCUT2D eigenvalue weighted by Crippen LogP contribution is -1.96. The van der Waals surface area contributed by atoms with E-state index in [-0.39, 0.29) is 0 Å². The molecule has 0 aliphatic carbocycles. The minimum atomic E-state index is 0.723. The zero-order chi connectivity index (χ0) is 24.6. The van der Waals surface area contributed by atoms with Crippen LogP contribution < -0.4 is 0 Å². The van der Waals surface area contributed by atoms with E-state index in [1.807, 2.05) is 72.9 Å². The molecule has 174 valence electrons. The molecule has 3 nitrogen and oxygen atoms in total. The van der Waals surface area contributed by atoms with Crippen molar-refractivity contribution in [2.24, 2.45) is 0 Å². The van der Waals surface area contributed by atoms with Crippen LogP contribution in [0.5, 0.6) is 0 Å². The van der Waals surface area contributed by atoms with Gasteiger partial charge in [0.1, 0.15) is 11.2 Å². The van der Waals surface area contributed by atoms with Gasteiger partial charge >= 0.3 is 0 Å². The second kappa shape index (κ2) is 8.89. The topological polar surface area (TPSA) is 38.9 Å². The first kappa shape index (κ1) is 21.3. The SMILES string of the molecule is c1ccc(-c2ncc(-c3ccc(-c4ccc5oc6ccccc6c5c4)cc3)c(-c3ccccc3)n2)cc1. The molecule has 0 fully saturated rings. The van der Waals surface area contributed by atoms with Crippen LogP contribution in [0.3, 0.4) is 0 Å². The second-order valence-corrected chi connectivity index (χ2v) is 9.07. The fourth-order valence-corrected chi connectivity index (χ4v) is 4.88. The van der Waals surface area contributed by atoms with Crippen molar-refractivity contribution < 1.29 is 4.42 Å². The Hall–Kier alpha value is -5.02. The van der Waals surface area contributed by atoms with Crippen LogP contribution in [0.15, 0.2) is 138 Å². The molecule has 0 atom stereocenters. The van der Waals surface area contributed by atoms with Crippen molar-refractivity contribution in [2.75, 3.05) is 0 Å². The Morgan fingerprint density at radius 3 is 1.86 bits per heavy atom. The van der Waals surface area contributed by atoms with Crippen LogP contribution >= 0.6 is 0 Å². The summed E-state index contributed by atoms with van der Waals surface area (Å²) in [6, 6.07) is 43.6. The van der Waals surface area contributed by atoms with Crippen LogP contribution in [0, 0.1) is 0 Å². The number of nitrogens with zero attached hydrogens (tertiary/aromatic N) is 2. The van der Waals surface area contributed by atoms with Crippen molar-refractivity contribution in [3.05, 3.63) is 134 Å². The number of aromatic nitrogens is 2. The molecule has 0 N–H and O–H groups in total. The van der Waals surface area contributed by atoms with Gasteiger partial charge in [0.25, 0.3) is 0 Å². The first-order valence-electron chi connectivity index (χ1n) is 12.3. The van der Waals surface area contributed by atoms with Crippen LogP contribution in [0.1, 0.15) is 0 Å². The Bertz CT molecular complexity index is 1850. The molecule has 7 aromatic rings. The van der Waals surface area contributed by atoms with E-state index in [9.17, 15) is 0 Å². The van der Waals surface area contributed by atoms with Gasteiger partial charge in [0.15, 0.2) is 5.82 Å². The number of fused-ring (bicyclic) bond motifs is 3. The van der Waals surface area contributed by atoms with Gasteiger partial charge in [0.2, 0.25) is 0 Å². The van der Waals surface area contributed by atoms with Crippen molar-refractivity contribution in [2.45, 2.75) is 0 Å². The van der Waals surface area contributed by atoms with E-state index in [1.54, 1.807) is 0 Å². The maximum Gasteiger partial charge on any atom is 0.159 e. The maximum atomic E-state index is 6.00. The van der Waals surface area contributed by atoms with E-state index in [0.717, 1.165) is 66.8 Å². The molecule has 0 aliphatic heterocycles. The molecule has 0 radical (unpaired) electrons. The first-order valence-corrected chi connectivity index (χ1v) is 12.3. The van der Waals surface area contributed by atoms with Crippen LogP contribution in [-0.2, 0) is 0 Å². The fraction of sp³-hybridized carbons (Fsp3) is 0. The number of furan rings is 1. The Morgan fingerprint density at radius 2 is 1.08 bits per heavy atom. The maximum absolute atomic E-state index is 6.00. The van der Waals surface area contributed by atoms with E-state index in [4.69, 9.17) is 14.4 Å². The molecule has 0 amide bonds. The zero-order valence-corrected chi connectivity index (χ0v) is 20.0. The van der Waals surface area contributed by atoms with E-state index >= 15 is 0 Å². The molecule has 0 spiro atoms. The highest BCUT2D eigenvalue weighted by Crippen LogP contribution is 2.35. The number of para-hydroxylation sites is 1. The molecule has 0 saturated heterocycles. The van der Waals surface area contributed by atoms with Crippen molar-refractivity contribution >= 4 is 21.9 Å². The van der Waals surface area contributed by atoms with Gasteiger partial charge in [0, 0.05) is 33.7 Å². The summed E-state index contributed by atoms with van der Waals surface area (Å²) in [5, 5.41) is 2.27. The lowest BCUT2D eigenvalue weighted by Gasteiger charge is -2.12. The normalized spacial score (nSPS) is 11.2. The molecule has 2 aromatic heterocycles. The Morgan fingerprint density at radius 1 is 0.459 bits per heavy atom. The number of hydrogen-bond acceptors (Lipinski definition) is 3. The van der Waals surface area contributed by atoms with Gasteiger partial charge in [-0.2, -0.15) is 0 Å². The van der Waals surface area contributed by atoms with Crippen molar-refractivity contribution in [1.82, 2.24) is 9.97 Å². The molecule has 0 saturated carbocycles. The van der Waals surface area contributed by atoms with Gasteiger partial charge in [-0.1, -0.05) is 109 Å². The third-order valence-electron chi connectivity index (χ3n) is 6.77. The van der Waals surface area contributed by atoms with Crippen LogP contribution in [-0.4, -0.2) is 9.97 Å². The third-order valence-corrected chi connectivity index (χ3v) is 6.77. The molecule has 3 heteroatoms. The van der Waals surface area contributed by atoms with E-state index in [1.165, 1.54) is 0 Å². The zero-order valence-electron chi connectivity index (χ0n) is 20.0. The summed E-state index contributed by atoms with van der Waals surface area (Å²) in [6.07, 6.45) is 1.94. The van der Waals surface area contributed by atoms with Crippen LogP contribution in [0.4, 0.5) is 0 Å². The highest BCUT2D eigenvalue weighted by atomic mass is 16.3. The second-order valence-electron chi connectivity index (χ2n) is 9.07. The van der Waals surface area contributed by atoms with E-state index in [0.29, 0.717) is 0 Å². The summed E-state index contributed by atoms with van der Waals surface area (Å²) in [5.41, 5.74) is 9.21. The van der Waals surface area contributed by atoms with Gasteiger partial charge in [-0.05, 0) is 34.9 Å². The number of hydrogen-bond donors (Lipinski definition) is 0. The lowest BCUT2D eigenvalue weighted by atomic mass is 9.97. The largest absolute Gasteiger partial charge is 0.456 e. The van der Waals surface area contributed by atoms with Gasteiger partial charge in [0.05, 0.1) is 5.69 Å². The summed E-state index contributed by atoms with van der Waals surface area (Å²) in [6.45, 7) is 0. The summed E-state index contributed by atoms with van der Waals surface area (Å²) < 4.78 is 6.00. The van der Waals surface area contributed by atoms with Crippen molar-refractivity contribution in [3.63, 3.8) is 0 Å². The molecule has 5 aromatic carbocycles. The van der Waals surface area contributed by atoms with Crippen LogP contribution in [0.25, 0.3) is 66.8 Å². The smallest absolute Gasteiger partial charge is 0.159 e. The summed E-state index contributed by atoms with van der Waals surface area (Å²) in [5.74, 6) is 0.723. The minimum Gasteiger partial charge on any atom is -0.456 e. The van der Waals surface area contributed by atoms with Gasteiger partial charge in [-0.25, -0.2) is 9.97 Å². The molecular formula is C34H22N2O. The molecule has 7 rings (SSSR count). The molecule has 2 heterocycles. The summed E-state index contributed by atoms with van der Waals surface area (Å²) >= 11 is 0. The average Bonchev–Trinajstić information content (AvgIpc) is 3.36. The van der Waals surface area contributed by atoms with E-state index in [2.05, 4.69) is 60.7 Å². The molecule has 0 bridgehead atoms. The standard InChI is InChI=1S/C34H22N2O/c1-3-9-25(10-4-1)33-30(22-35-34(36-33)26-11-5-2-6-12-26)24-17-15-23(16-18-24)27-19-20-32-29(21-27)28-13-7-8-14-31(28)37-32/h1-22H. The highest BCUT2D eigenvalue weighted by Gasteiger charge is 2.13. The first-order chi connectivity index (χ1) is 18.3. The molecule has 0 unspecified atom stereocenters. The van der Waals surface area contributed by atoms with Crippen molar-refractivity contribution in [3.8, 4) is 44.9 Å². The predicted molar refractivity (Wildman–Crippen MR) is 151 cm³/mol. The van der Waals surface area contributed by atoms with Gasteiger partial charge in [-0.3, -0.25) is 0 Å². The summed E-state index contributed by atoms with van der Waals surface area (Å²) in [4.78, 5) is 9.73. The number of rotatable bonds is 4. The minimum absolute atomic E-state index is 0.723. The average molecular weight is 475 g/mol.